The first kappa shape index (κ1) is 19.0. The van der Waals surface area contributed by atoms with Gasteiger partial charge in [0.15, 0.2) is 5.11 Å². The first-order valence-corrected chi connectivity index (χ1v) is 7.85. The Morgan fingerprint density at radius 2 is 1.84 bits per heavy atom. The van der Waals surface area contributed by atoms with E-state index in [1.807, 2.05) is 6.92 Å². The van der Waals surface area contributed by atoms with Gasteiger partial charge in [0.1, 0.15) is 11.6 Å². The molecule has 0 aliphatic rings. The van der Waals surface area contributed by atoms with Crippen molar-refractivity contribution >= 4 is 23.0 Å². The van der Waals surface area contributed by atoms with E-state index in [0.29, 0.717) is 24.1 Å². The van der Waals surface area contributed by atoms with Gasteiger partial charge in [-0.1, -0.05) is 24.3 Å². The number of halogens is 4. The molecule has 8 heteroatoms. The number of anilines is 1. The van der Waals surface area contributed by atoms with Crippen LogP contribution in [0.1, 0.15) is 18.1 Å². The normalized spacial score (nSPS) is 11.1. The number of rotatable bonds is 5. The number of nitrogens with one attached hydrogen (secondary N) is 2. The summed E-state index contributed by atoms with van der Waals surface area (Å²) in [6, 6.07) is 10.2. The second kappa shape index (κ2) is 8.15. The van der Waals surface area contributed by atoms with Gasteiger partial charge in [0.25, 0.3) is 0 Å². The van der Waals surface area contributed by atoms with Crippen LogP contribution in [0.2, 0.25) is 0 Å². The zero-order valence-corrected chi connectivity index (χ0v) is 14.1. The van der Waals surface area contributed by atoms with Crippen molar-refractivity contribution in [3.05, 3.63) is 59.4 Å². The predicted molar refractivity (Wildman–Crippen MR) is 92.1 cm³/mol. The standard InChI is InChI=1S/C17H16F4N2OS/c1-2-24-14-9-4-3-8-13(14)23-16(25)22-10-11-6-5-7-12(15(11)18)17(19,20)21/h3-9H,2,10H2,1H3,(H2,22,23,25). The molecule has 2 aromatic carbocycles. The molecule has 0 aliphatic heterocycles. The minimum atomic E-state index is -4.74. The lowest BCUT2D eigenvalue weighted by Gasteiger charge is -2.15. The van der Waals surface area contributed by atoms with Crippen LogP contribution in [0.3, 0.4) is 0 Å². The van der Waals surface area contributed by atoms with Gasteiger partial charge in [0, 0.05) is 12.1 Å². The van der Waals surface area contributed by atoms with Gasteiger partial charge in [0.05, 0.1) is 17.9 Å². The fraction of sp³-hybridized carbons (Fsp3) is 0.235. The fourth-order valence-electron chi connectivity index (χ4n) is 2.13. The maximum absolute atomic E-state index is 14.0. The van der Waals surface area contributed by atoms with Gasteiger partial charge in [-0.25, -0.2) is 4.39 Å². The molecule has 0 aromatic heterocycles. The molecule has 2 N–H and O–H groups in total. The minimum absolute atomic E-state index is 0.128. The van der Waals surface area contributed by atoms with E-state index in [2.05, 4.69) is 10.6 Å². The molecule has 0 heterocycles. The second-order valence-corrected chi connectivity index (χ2v) is 5.42. The lowest BCUT2D eigenvalue weighted by Crippen LogP contribution is -2.28. The summed E-state index contributed by atoms with van der Waals surface area (Å²) >= 11 is 5.11. The van der Waals surface area contributed by atoms with Crippen LogP contribution in [-0.2, 0) is 12.7 Å². The maximum atomic E-state index is 14.0. The summed E-state index contributed by atoms with van der Waals surface area (Å²) in [4.78, 5) is 0. The predicted octanol–water partition coefficient (Wildman–Crippen LogP) is 4.73. The summed E-state index contributed by atoms with van der Waals surface area (Å²) < 4.78 is 57.6. The van der Waals surface area contributed by atoms with Crippen molar-refractivity contribution in [1.82, 2.24) is 5.32 Å². The van der Waals surface area contributed by atoms with E-state index in [1.54, 1.807) is 24.3 Å². The first-order valence-electron chi connectivity index (χ1n) is 7.44. The van der Waals surface area contributed by atoms with Crippen LogP contribution >= 0.6 is 12.2 Å². The fourth-order valence-corrected chi connectivity index (χ4v) is 2.31. The van der Waals surface area contributed by atoms with Crippen LogP contribution in [0.4, 0.5) is 23.2 Å². The first-order chi connectivity index (χ1) is 11.8. The summed E-state index contributed by atoms with van der Waals surface area (Å²) in [7, 11) is 0. The van der Waals surface area contributed by atoms with Gasteiger partial charge in [-0.2, -0.15) is 13.2 Å². The summed E-state index contributed by atoms with van der Waals surface area (Å²) in [6.45, 7) is 2.12. The van der Waals surface area contributed by atoms with Crippen LogP contribution in [0, 0.1) is 5.82 Å². The third-order valence-electron chi connectivity index (χ3n) is 3.26. The molecule has 25 heavy (non-hydrogen) atoms. The lowest BCUT2D eigenvalue weighted by molar-refractivity contribution is -0.140. The van der Waals surface area contributed by atoms with E-state index in [0.717, 1.165) is 6.07 Å². The molecule has 0 aliphatic carbocycles. The van der Waals surface area contributed by atoms with Crippen LogP contribution in [0.25, 0.3) is 0 Å². The Kier molecular flexibility index (Phi) is 6.19. The highest BCUT2D eigenvalue weighted by Crippen LogP contribution is 2.32. The minimum Gasteiger partial charge on any atom is -0.492 e. The molecule has 0 saturated carbocycles. The monoisotopic (exact) mass is 372 g/mol. The highest BCUT2D eigenvalue weighted by atomic mass is 32.1. The van der Waals surface area contributed by atoms with Gasteiger partial charge in [-0.15, -0.1) is 0 Å². The molecular formula is C17H16F4N2OS. The SMILES string of the molecule is CCOc1ccccc1NC(=S)NCc1cccc(C(F)(F)F)c1F. The number of thiocarbonyl (C=S) groups is 1. The third-order valence-corrected chi connectivity index (χ3v) is 3.50. The van der Waals surface area contributed by atoms with Crippen LogP contribution in [-0.4, -0.2) is 11.7 Å². The smallest absolute Gasteiger partial charge is 0.419 e. The molecule has 2 rings (SSSR count). The van der Waals surface area contributed by atoms with E-state index in [4.69, 9.17) is 17.0 Å². The average molecular weight is 372 g/mol. The Balaban J connectivity index is 2.04. The number of hydrogen-bond acceptors (Lipinski definition) is 2. The Morgan fingerprint density at radius 1 is 1.12 bits per heavy atom. The topological polar surface area (TPSA) is 33.3 Å². The van der Waals surface area contributed by atoms with Gasteiger partial charge in [0.2, 0.25) is 0 Å². The Hall–Kier alpha value is -2.35. The quantitative estimate of drug-likeness (QED) is 0.587. The largest absolute Gasteiger partial charge is 0.492 e. The second-order valence-electron chi connectivity index (χ2n) is 5.01. The van der Waals surface area contributed by atoms with Gasteiger partial charge in [-0.3, -0.25) is 0 Å². The summed E-state index contributed by atoms with van der Waals surface area (Å²) in [6.07, 6.45) is -4.74. The molecule has 2 aromatic rings. The Morgan fingerprint density at radius 3 is 2.52 bits per heavy atom. The van der Waals surface area contributed by atoms with Crippen molar-refractivity contribution in [2.24, 2.45) is 0 Å². The van der Waals surface area contributed by atoms with Crippen molar-refractivity contribution in [1.29, 1.82) is 0 Å². The molecule has 134 valence electrons. The van der Waals surface area contributed by atoms with E-state index in [9.17, 15) is 17.6 Å². The number of para-hydroxylation sites is 2. The third kappa shape index (κ3) is 5.06. The number of benzene rings is 2. The summed E-state index contributed by atoms with van der Waals surface area (Å²) in [5.41, 5.74) is -0.823. The molecular weight excluding hydrogens is 356 g/mol. The van der Waals surface area contributed by atoms with Crippen LogP contribution in [0.5, 0.6) is 5.75 Å². The lowest BCUT2D eigenvalue weighted by atomic mass is 10.1. The van der Waals surface area contributed by atoms with E-state index >= 15 is 0 Å². The number of hydrogen-bond donors (Lipinski definition) is 2. The molecule has 0 bridgehead atoms. The Bertz CT molecular complexity index is 750. The zero-order chi connectivity index (χ0) is 18.4. The molecule has 0 unspecified atom stereocenters. The number of alkyl halides is 3. The van der Waals surface area contributed by atoms with Crippen molar-refractivity contribution in [2.75, 3.05) is 11.9 Å². The Labute approximate surface area is 148 Å². The van der Waals surface area contributed by atoms with Crippen LogP contribution < -0.4 is 15.4 Å². The van der Waals surface area contributed by atoms with Gasteiger partial charge >= 0.3 is 6.18 Å². The van der Waals surface area contributed by atoms with Gasteiger partial charge in [-0.05, 0) is 37.3 Å². The molecule has 0 amide bonds. The van der Waals surface area contributed by atoms with E-state index in [1.165, 1.54) is 6.07 Å². The van der Waals surface area contributed by atoms with E-state index < -0.39 is 17.6 Å². The molecule has 0 radical (unpaired) electrons. The van der Waals surface area contributed by atoms with E-state index in [-0.39, 0.29) is 17.2 Å². The summed E-state index contributed by atoms with van der Waals surface area (Å²) in [5, 5.41) is 5.72. The molecule has 3 nitrogen and oxygen atoms in total. The zero-order valence-electron chi connectivity index (χ0n) is 13.3. The molecule has 0 saturated heterocycles. The highest BCUT2D eigenvalue weighted by Gasteiger charge is 2.34. The van der Waals surface area contributed by atoms with Crippen molar-refractivity contribution < 1.29 is 22.3 Å². The molecule has 0 atom stereocenters. The average Bonchev–Trinajstić information content (AvgIpc) is 2.55. The maximum Gasteiger partial charge on any atom is 0.419 e. The number of ether oxygens (including phenoxy) is 1. The molecule has 0 spiro atoms. The van der Waals surface area contributed by atoms with Crippen molar-refractivity contribution in [3.63, 3.8) is 0 Å². The van der Waals surface area contributed by atoms with Crippen LogP contribution in [0.15, 0.2) is 42.5 Å². The molecule has 0 fully saturated rings. The van der Waals surface area contributed by atoms with Crippen molar-refractivity contribution in [2.45, 2.75) is 19.6 Å². The summed E-state index contributed by atoms with van der Waals surface area (Å²) in [5.74, 6) is -0.723. The van der Waals surface area contributed by atoms with Gasteiger partial charge < -0.3 is 15.4 Å². The highest BCUT2D eigenvalue weighted by molar-refractivity contribution is 7.80. The van der Waals surface area contributed by atoms with Crippen molar-refractivity contribution in [3.8, 4) is 5.75 Å².